The van der Waals surface area contributed by atoms with Crippen LogP contribution in [0.2, 0.25) is 0 Å². The van der Waals surface area contributed by atoms with Crippen molar-refractivity contribution in [2.45, 2.75) is 9.24 Å². The Hall–Kier alpha value is -1.39. The van der Waals surface area contributed by atoms with Crippen LogP contribution in [0.5, 0.6) is 5.75 Å². The highest BCUT2D eigenvalue weighted by molar-refractivity contribution is 8.00. The normalized spacial score (nSPS) is 11.3. The number of nitrogens with zero attached hydrogens (tertiary/aromatic N) is 2. The van der Waals surface area contributed by atoms with Crippen molar-refractivity contribution in [3.63, 3.8) is 0 Å². The summed E-state index contributed by atoms with van der Waals surface area (Å²) in [6, 6.07) is 3.38. The summed E-state index contributed by atoms with van der Waals surface area (Å²) in [5.41, 5.74) is 0. The minimum absolute atomic E-state index is 0.0236. The standard InChI is InChI=1S/C10H10FN3O3S3/c1-17-8-4-3-6(5-7(8)11)20(15,16)14-9-12-13-10(18-2)19-9/h3-5H,1-2H3,(H,12,14). The Bertz CT molecular complexity index is 718. The van der Waals surface area contributed by atoms with E-state index in [1.165, 1.54) is 31.0 Å². The molecule has 0 amide bonds. The van der Waals surface area contributed by atoms with Crippen molar-refractivity contribution >= 4 is 38.3 Å². The Morgan fingerprint density at radius 3 is 2.70 bits per heavy atom. The number of ether oxygens (including phenoxy) is 1. The Balaban J connectivity index is 2.28. The van der Waals surface area contributed by atoms with E-state index in [-0.39, 0.29) is 15.8 Å². The number of rotatable bonds is 5. The number of nitrogens with one attached hydrogen (secondary N) is 1. The highest BCUT2D eigenvalue weighted by Crippen LogP contribution is 2.26. The molecule has 0 unspecified atom stereocenters. The van der Waals surface area contributed by atoms with Crippen molar-refractivity contribution in [3.05, 3.63) is 24.0 Å². The fraction of sp³-hybridized carbons (Fsp3) is 0.200. The summed E-state index contributed by atoms with van der Waals surface area (Å²) in [6.07, 6.45) is 1.80. The highest BCUT2D eigenvalue weighted by Gasteiger charge is 2.18. The first-order valence-electron chi connectivity index (χ1n) is 5.20. The number of sulfonamides is 1. The number of hydrogen-bond donors (Lipinski definition) is 1. The van der Waals surface area contributed by atoms with Gasteiger partial charge in [-0.3, -0.25) is 4.72 Å². The van der Waals surface area contributed by atoms with Gasteiger partial charge in [0.2, 0.25) is 5.13 Å². The minimum atomic E-state index is -3.90. The second-order valence-electron chi connectivity index (χ2n) is 3.48. The topological polar surface area (TPSA) is 81.2 Å². The quantitative estimate of drug-likeness (QED) is 0.844. The average Bonchev–Trinajstić information content (AvgIpc) is 2.85. The number of anilines is 1. The molecule has 6 nitrogen and oxygen atoms in total. The maximum Gasteiger partial charge on any atom is 0.263 e. The molecule has 1 aromatic heterocycles. The molecule has 2 aromatic rings. The molecule has 1 aromatic carbocycles. The summed E-state index contributed by atoms with van der Waals surface area (Å²) >= 11 is 2.45. The molecule has 108 valence electrons. The summed E-state index contributed by atoms with van der Waals surface area (Å²) in [5, 5.41) is 7.59. The van der Waals surface area contributed by atoms with E-state index in [4.69, 9.17) is 4.74 Å². The molecule has 0 bridgehead atoms. The first-order chi connectivity index (χ1) is 9.46. The number of halogens is 1. The fourth-order valence-corrected chi connectivity index (χ4v) is 3.73. The zero-order chi connectivity index (χ0) is 14.8. The molecule has 0 saturated heterocycles. The molecular weight excluding hydrogens is 325 g/mol. The number of thioether (sulfide) groups is 1. The van der Waals surface area contributed by atoms with Gasteiger partial charge >= 0.3 is 0 Å². The van der Waals surface area contributed by atoms with Crippen LogP contribution in [0.3, 0.4) is 0 Å². The van der Waals surface area contributed by atoms with Gasteiger partial charge in [0.15, 0.2) is 15.9 Å². The lowest BCUT2D eigenvalue weighted by Gasteiger charge is -2.06. The van der Waals surface area contributed by atoms with E-state index in [9.17, 15) is 12.8 Å². The van der Waals surface area contributed by atoms with Gasteiger partial charge < -0.3 is 4.74 Å². The Kier molecular flexibility index (Phi) is 4.45. The molecule has 1 heterocycles. The van der Waals surface area contributed by atoms with Crippen LogP contribution in [0.1, 0.15) is 0 Å². The maximum absolute atomic E-state index is 13.5. The van der Waals surface area contributed by atoms with Gasteiger partial charge in [-0.1, -0.05) is 23.1 Å². The highest BCUT2D eigenvalue weighted by atomic mass is 32.2. The summed E-state index contributed by atoms with van der Waals surface area (Å²) in [4.78, 5) is -0.211. The Labute approximate surface area is 123 Å². The van der Waals surface area contributed by atoms with E-state index in [2.05, 4.69) is 14.9 Å². The number of methoxy groups -OCH3 is 1. The molecule has 1 N–H and O–H groups in total. The van der Waals surface area contributed by atoms with Gasteiger partial charge in [-0.05, 0) is 24.5 Å². The lowest BCUT2D eigenvalue weighted by atomic mass is 10.3. The fourth-order valence-electron chi connectivity index (χ4n) is 1.32. The second-order valence-corrected chi connectivity index (χ2v) is 7.19. The minimum Gasteiger partial charge on any atom is -0.494 e. The molecule has 0 saturated carbocycles. The number of hydrogen-bond acceptors (Lipinski definition) is 7. The molecule has 0 radical (unpaired) electrons. The van der Waals surface area contributed by atoms with Crippen LogP contribution in [0, 0.1) is 5.82 Å². The molecule has 0 fully saturated rings. The third kappa shape index (κ3) is 3.19. The molecule has 10 heteroatoms. The molecule has 0 aliphatic carbocycles. The van der Waals surface area contributed by atoms with Crippen molar-refractivity contribution < 1.29 is 17.5 Å². The number of aromatic nitrogens is 2. The van der Waals surface area contributed by atoms with Gasteiger partial charge in [-0.25, -0.2) is 12.8 Å². The lowest BCUT2D eigenvalue weighted by molar-refractivity contribution is 0.385. The second kappa shape index (κ2) is 5.94. The first kappa shape index (κ1) is 15.0. The van der Waals surface area contributed by atoms with Crippen LogP contribution >= 0.6 is 23.1 Å². The van der Waals surface area contributed by atoms with E-state index in [0.29, 0.717) is 4.34 Å². The van der Waals surface area contributed by atoms with Crippen LogP contribution in [-0.4, -0.2) is 32.0 Å². The van der Waals surface area contributed by atoms with Crippen molar-refractivity contribution in [2.24, 2.45) is 0 Å². The van der Waals surface area contributed by atoms with Crippen LogP contribution in [-0.2, 0) is 10.0 Å². The predicted octanol–water partition coefficient (Wildman–Crippen LogP) is 2.21. The smallest absolute Gasteiger partial charge is 0.263 e. The van der Waals surface area contributed by atoms with E-state index in [1.807, 2.05) is 0 Å². The van der Waals surface area contributed by atoms with Gasteiger partial charge in [0.1, 0.15) is 0 Å². The maximum atomic E-state index is 13.5. The third-order valence-corrected chi connectivity index (χ3v) is 5.52. The van der Waals surface area contributed by atoms with Crippen LogP contribution in [0.4, 0.5) is 9.52 Å². The van der Waals surface area contributed by atoms with Gasteiger partial charge in [0.25, 0.3) is 10.0 Å². The third-order valence-electron chi connectivity index (χ3n) is 2.24. The summed E-state index contributed by atoms with van der Waals surface area (Å²) in [5.74, 6) is -0.776. The number of benzene rings is 1. The molecule has 20 heavy (non-hydrogen) atoms. The lowest BCUT2D eigenvalue weighted by Crippen LogP contribution is -2.13. The van der Waals surface area contributed by atoms with Crippen molar-refractivity contribution in [3.8, 4) is 5.75 Å². The van der Waals surface area contributed by atoms with Crippen molar-refractivity contribution in [2.75, 3.05) is 18.1 Å². The molecular formula is C10H10FN3O3S3. The van der Waals surface area contributed by atoms with Crippen molar-refractivity contribution in [1.29, 1.82) is 0 Å². The molecule has 0 aliphatic rings. The van der Waals surface area contributed by atoms with E-state index < -0.39 is 15.8 Å². The van der Waals surface area contributed by atoms with Crippen LogP contribution < -0.4 is 9.46 Å². The molecule has 0 aliphatic heterocycles. The summed E-state index contributed by atoms with van der Waals surface area (Å²) in [7, 11) is -2.60. The van der Waals surface area contributed by atoms with Gasteiger partial charge in [-0.15, -0.1) is 10.2 Å². The monoisotopic (exact) mass is 335 g/mol. The zero-order valence-corrected chi connectivity index (χ0v) is 12.9. The van der Waals surface area contributed by atoms with Crippen LogP contribution in [0.15, 0.2) is 27.4 Å². The largest absolute Gasteiger partial charge is 0.494 e. The van der Waals surface area contributed by atoms with Gasteiger partial charge in [0, 0.05) is 0 Å². The molecule has 0 spiro atoms. The van der Waals surface area contributed by atoms with Crippen molar-refractivity contribution in [1.82, 2.24) is 10.2 Å². The SMILES string of the molecule is COc1ccc(S(=O)(=O)Nc2nnc(SC)s2)cc1F. The van der Waals surface area contributed by atoms with Gasteiger partial charge in [-0.2, -0.15) is 0 Å². The van der Waals surface area contributed by atoms with E-state index in [0.717, 1.165) is 17.4 Å². The predicted molar refractivity (Wildman–Crippen MR) is 75.5 cm³/mol. The van der Waals surface area contributed by atoms with Gasteiger partial charge in [0.05, 0.1) is 12.0 Å². The Morgan fingerprint density at radius 2 is 2.15 bits per heavy atom. The van der Waals surface area contributed by atoms with Crippen LogP contribution in [0.25, 0.3) is 0 Å². The average molecular weight is 335 g/mol. The molecule has 0 atom stereocenters. The first-order valence-corrected chi connectivity index (χ1v) is 8.72. The summed E-state index contributed by atoms with van der Waals surface area (Å²) in [6.45, 7) is 0. The molecule has 2 rings (SSSR count). The summed E-state index contributed by atoms with van der Waals surface area (Å²) < 4.78 is 45.3. The van der Waals surface area contributed by atoms with E-state index in [1.54, 1.807) is 6.26 Å². The zero-order valence-electron chi connectivity index (χ0n) is 10.5. The van der Waals surface area contributed by atoms with E-state index >= 15 is 0 Å². The Morgan fingerprint density at radius 1 is 1.40 bits per heavy atom.